The van der Waals surface area contributed by atoms with E-state index in [9.17, 15) is 14.7 Å². The third-order valence-corrected chi connectivity index (χ3v) is 5.14. The number of aliphatic hydroxyl groups excluding tert-OH is 1. The van der Waals surface area contributed by atoms with Crippen molar-refractivity contribution in [3.63, 3.8) is 0 Å². The predicted octanol–water partition coefficient (Wildman–Crippen LogP) is 3.38. The SMILES string of the molecule is COCCN1C(=O)C(=O)/C(=C(\O)c2ccc(OC)c(C)c2)C1c1ccc(C)cc1. The van der Waals surface area contributed by atoms with Crippen LogP contribution in [0.4, 0.5) is 0 Å². The van der Waals surface area contributed by atoms with Crippen molar-refractivity contribution in [3.8, 4) is 5.75 Å². The number of aliphatic hydroxyl groups is 1. The molecule has 1 unspecified atom stereocenters. The first-order valence-electron chi connectivity index (χ1n) is 9.38. The second-order valence-corrected chi connectivity index (χ2v) is 7.08. The third-order valence-electron chi connectivity index (χ3n) is 5.14. The normalized spacial score (nSPS) is 18.3. The minimum atomic E-state index is -0.697. The zero-order chi connectivity index (χ0) is 21.1. The van der Waals surface area contributed by atoms with E-state index < -0.39 is 17.7 Å². The van der Waals surface area contributed by atoms with Gasteiger partial charge in [0.05, 0.1) is 25.3 Å². The van der Waals surface area contributed by atoms with Crippen molar-refractivity contribution in [1.29, 1.82) is 0 Å². The van der Waals surface area contributed by atoms with Crippen molar-refractivity contribution >= 4 is 17.4 Å². The number of ketones is 1. The maximum absolute atomic E-state index is 12.9. The lowest BCUT2D eigenvalue weighted by Gasteiger charge is -2.25. The van der Waals surface area contributed by atoms with E-state index in [4.69, 9.17) is 9.47 Å². The average molecular weight is 395 g/mol. The van der Waals surface area contributed by atoms with Crippen LogP contribution < -0.4 is 4.74 Å². The third kappa shape index (κ3) is 3.89. The number of hydrogen-bond donors (Lipinski definition) is 1. The van der Waals surface area contributed by atoms with Crippen molar-refractivity contribution in [2.24, 2.45) is 0 Å². The first kappa shape index (κ1) is 20.6. The van der Waals surface area contributed by atoms with Crippen LogP contribution in [-0.2, 0) is 14.3 Å². The lowest BCUT2D eigenvalue weighted by Crippen LogP contribution is -2.32. The van der Waals surface area contributed by atoms with Gasteiger partial charge in [-0.3, -0.25) is 9.59 Å². The number of hydrogen-bond acceptors (Lipinski definition) is 5. The molecule has 0 aromatic heterocycles. The van der Waals surface area contributed by atoms with Gasteiger partial charge in [0.25, 0.3) is 11.7 Å². The summed E-state index contributed by atoms with van der Waals surface area (Å²) in [6.45, 7) is 4.35. The second-order valence-electron chi connectivity index (χ2n) is 7.08. The lowest BCUT2D eigenvalue weighted by molar-refractivity contribution is -0.140. The molecule has 6 heteroatoms. The number of ether oxygens (including phenoxy) is 2. The molecule has 0 aliphatic carbocycles. The van der Waals surface area contributed by atoms with E-state index in [1.54, 1.807) is 25.3 Å². The Morgan fingerprint density at radius 1 is 1.07 bits per heavy atom. The van der Waals surface area contributed by atoms with Crippen molar-refractivity contribution in [3.05, 3.63) is 70.3 Å². The van der Waals surface area contributed by atoms with E-state index >= 15 is 0 Å². The number of nitrogens with zero attached hydrogens (tertiary/aromatic N) is 1. The second kappa shape index (κ2) is 8.49. The van der Waals surface area contributed by atoms with E-state index in [1.807, 2.05) is 38.1 Å². The first-order valence-corrected chi connectivity index (χ1v) is 9.38. The van der Waals surface area contributed by atoms with Gasteiger partial charge in [-0.2, -0.15) is 0 Å². The van der Waals surface area contributed by atoms with Crippen LogP contribution in [0, 0.1) is 13.8 Å². The van der Waals surface area contributed by atoms with E-state index in [2.05, 4.69) is 0 Å². The summed E-state index contributed by atoms with van der Waals surface area (Å²) in [5.41, 5.74) is 3.19. The molecule has 1 amide bonds. The Morgan fingerprint density at radius 2 is 1.76 bits per heavy atom. The number of likely N-dealkylation sites (tertiary alicyclic amines) is 1. The van der Waals surface area contributed by atoms with Crippen molar-refractivity contribution in [2.75, 3.05) is 27.4 Å². The van der Waals surface area contributed by atoms with Crippen molar-refractivity contribution < 1.29 is 24.2 Å². The summed E-state index contributed by atoms with van der Waals surface area (Å²) in [6, 6.07) is 12.1. The highest BCUT2D eigenvalue weighted by Gasteiger charge is 2.45. The molecule has 1 N–H and O–H groups in total. The van der Waals surface area contributed by atoms with E-state index in [0.717, 1.165) is 16.7 Å². The Hall–Kier alpha value is -3.12. The first-order chi connectivity index (χ1) is 13.9. The predicted molar refractivity (Wildman–Crippen MR) is 110 cm³/mol. The minimum absolute atomic E-state index is 0.0829. The lowest BCUT2D eigenvalue weighted by atomic mass is 9.94. The zero-order valence-electron chi connectivity index (χ0n) is 17.1. The van der Waals surface area contributed by atoms with E-state index in [1.165, 1.54) is 12.0 Å². The van der Waals surface area contributed by atoms with Gasteiger partial charge in [0.2, 0.25) is 0 Å². The molecule has 3 rings (SSSR count). The molecule has 0 spiro atoms. The quantitative estimate of drug-likeness (QED) is 0.461. The number of Topliss-reactive ketones (excluding diaryl/α,β-unsaturated/α-hetero) is 1. The molecular weight excluding hydrogens is 370 g/mol. The molecule has 152 valence electrons. The molecule has 2 aromatic carbocycles. The Balaban J connectivity index is 2.15. The van der Waals surface area contributed by atoms with Crippen LogP contribution in [0.25, 0.3) is 5.76 Å². The van der Waals surface area contributed by atoms with Crippen LogP contribution in [0.2, 0.25) is 0 Å². The number of methoxy groups -OCH3 is 2. The molecule has 1 aliphatic rings. The van der Waals surface area contributed by atoms with Gasteiger partial charge < -0.3 is 19.5 Å². The van der Waals surface area contributed by atoms with Gasteiger partial charge in [-0.05, 0) is 43.2 Å². The van der Waals surface area contributed by atoms with Gasteiger partial charge in [0, 0.05) is 19.2 Å². The summed E-state index contributed by atoms with van der Waals surface area (Å²) < 4.78 is 10.4. The Kier molecular flexibility index (Phi) is 6.03. The maximum atomic E-state index is 12.9. The number of rotatable bonds is 6. The molecule has 1 fully saturated rings. The summed E-state index contributed by atoms with van der Waals surface area (Å²) in [6.07, 6.45) is 0. The fraction of sp³-hybridized carbons (Fsp3) is 0.304. The van der Waals surface area contributed by atoms with Crippen LogP contribution in [0.3, 0.4) is 0 Å². The maximum Gasteiger partial charge on any atom is 0.295 e. The molecule has 2 aromatic rings. The van der Waals surface area contributed by atoms with Crippen molar-refractivity contribution in [2.45, 2.75) is 19.9 Å². The highest BCUT2D eigenvalue weighted by Crippen LogP contribution is 2.39. The summed E-state index contributed by atoms with van der Waals surface area (Å²) in [5.74, 6) is -0.853. The number of benzene rings is 2. The van der Waals surface area contributed by atoms with Gasteiger partial charge in [-0.25, -0.2) is 0 Å². The Labute approximate surface area is 170 Å². The molecule has 1 heterocycles. The Bertz CT molecular complexity index is 962. The molecular formula is C23H25NO5. The largest absolute Gasteiger partial charge is 0.507 e. The molecule has 29 heavy (non-hydrogen) atoms. The monoisotopic (exact) mass is 395 g/mol. The molecule has 0 radical (unpaired) electrons. The summed E-state index contributed by atoms with van der Waals surface area (Å²) >= 11 is 0. The van der Waals surface area contributed by atoms with Gasteiger partial charge in [-0.15, -0.1) is 0 Å². The fourth-order valence-corrected chi connectivity index (χ4v) is 3.58. The smallest absolute Gasteiger partial charge is 0.295 e. The fourth-order valence-electron chi connectivity index (χ4n) is 3.58. The molecule has 0 saturated carbocycles. The standard InChI is InChI=1S/C23H25NO5/c1-14-5-7-16(8-6-14)20-19(22(26)23(27)24(20)11-12-28-3)21(25)17-9-10-18(29-4)15(2)13-17/h5-10,13,20,25H,11-12H2,1-4H3/b21-19-. The van der Waals surface area contributed by atoms with Crippen LogP contribution in [0.15, 0.2) is 48.0 Å². The summed E-state index contributed by atoms with van der Waals surface area (Å²) in [7, 11) is 3.11. The molecule has 0 bridgehead atoms. The van der Waals surface area contributed by atoms with Crippen LogP contribution in [0.1, 0.15) is 28.3 Å². The van der Waals surface area contributed by atoms with E-state index in [0.29, 0.717) is 11.3 Å². The molecule has 1 saturated heterocycles. The van der Waals surface area contributed by atoms with Crippen LogP contribution in [-0.4, -0.2) is 49.1 Å². The number of carbonyl (C=O) groups excluding carboxylic acids is 2. The van der Waals surface area contributed by atoms with Gasteiger partial charge in [0.1, 0.15) is 11.5 Å². The number of aryl methyl sites for hydroxylation is 2. The zero-order valence-corrected chi connectivity index (χ0v) is 17.1. The topological polar surface area (TPSA) is 76.1 Å². The van der Waals surface area contributed by atoms with Crippen LogP contribution >= 0.6 is 0 Å². The molecule has 6 nitrogen and oxygen atoms in total. The highest BCUT2D eigenvalue weighted by molar-refractivity contribution is 6.46. The molecule has 1 aliphatic heterocycles. The highest BCUT2D eigenvalue weighted by atomic mass is 16.5. The number of amides is 1. The van der Waals surface area contributed by atoms with Crippen LogP contribution in [0.5, 0.6) is 5.75 Å². The van der Waals surface area contributed by atoms with E-state index in [-0.39, 0.29) is 24.5 Å². The van der Waals surface area contributed by atoms with Gasteiger partial charge in [-0.1, -0.05) is 29.8 Å². The summed E-state index contributed by atoms with van der Waals surface area (Å²) in [4.78, 5) is 27.1. The molecule has 1 atom stereocenters. The number of carbonyl (C=O) groups is 2. The minimum Gasteiger partial charge on any atom is -0.507 e. The Morgan fingerprint density at radius 3 is 2.34 bits per heavy atom. The van der Waals surface area contributed by atoms with Gasteiger partial charge >= 0.3 is 0 Å². The van der Waals surface area contributed by atoms with Gasteiger partial charge in [0.15, 0.2) is 0 Å². The van der Waals surface area contributed by atoms with Crippen molar-refractivity contribution in [1.82, 2.24) is 4.90 Å². The average Bonchev–Trinajstić information content (AvgIpc) is 2.96. The summed E-state index contributed by atoms with van der Waals surface area (Å²) in [5, 5.41) is 11.0.